The largest absolute Gasteiger partial charge is 0.274 e. The van der Waals surface area contributed by atoms with Gasteiger partial charge < -0.3 is 0 Å². The first kappa shape index (κ1) is 9.31. The molecule has 0 unspecified atom stereocenters. The first-order valence-electron chi connectivity index (χ1n) is 2.96. The van der Waals surface area contributed by atoms with Crippen LogP contribution >= 0.6 is 23.5 Å². The summed E-state index contributed by atoms with van der Waals surface area (Å²) in [5, 5.41) is 15.9. The molecule has 0 spiro atoms. The van der Waals surface area contributed by atoms with Crippen LogP contribution in [0.25, 0.3) is 0 Å². The quantitative estimate of drug-likeness (QED) is 0.456. The zero-order chi connectivity index (χ0) is 9.14. The van der Waals surface area contributed by atoms with E-state index in [0.717, 1.165) is 11.9 Å². The lowest BCUT2D eigenvalue weighted by Crippen LogP contribution is -1.89. The Morgan fingerprint density at radius 2 is 2.25 bits per heavy atom. The second-order valence-electron chi connectivity index (χ2n) is 1.99. The highest BCUT2D eigenvalue weighted by Gasteiger charge is 2.08. The van der Waals surface area contributed by atoms with Gasteiger partial charge in [0.05, 0.1) is 9.95 Å². The highest BCUT2D eigenvalue weighted by Crippen LogP contribution is 2.27. The molecule has 1 aromatic carbocycles. The number of nitro groups is 1. The molecule has 64 valence electrons. The third-order valence-corrected chi connectivity index (χ3v) is 2.29. The molecule has 0 aliphatic heterocycles. The number of hydrogen-bond acceptors (Lipinski definition) is 4. The molecule has 0 bridgehead atoms. The Hall–Kier alpha value is -0.780. The summed E-state index contributed by atoms with van der Waals surface area (Å²) in [6.07, 6.45) is 0. The number of rotatable bonds is 2. The molecule has 1 aromatic rings. The van der Waals surface area contributed by atoms with E-state index in [1.54, 1.807) is 0 Å². The fourth-order valence-corrected chi connectivity index (χ4v) is 1.32. The van der Waals surface area contributed by atoms with E-state index in [1.807, 2.05) is 0 Å². The number of nitro benzene ring substituents is 1. The standard InChI is InChI=1S/C6H5ClN2O2S/c7-5-2-1-4(9(10)11)3-6(5)12-8/h1-3H,8H2. The van der Waals surface area contributed by atoms with E-state index in [-0.39, 0.29) is 5.69 Å². The van der Waals surface area contributed by atoms with Crippen LogP contribution in [0.2, 0.25) is 5.02 Å². The smallest absolute Gasteiger partial charge is 0.270 e. The van der Waals surface area contributed by atoms with Gasteiger partial charge in [-0.3, -0.25) is 15.3 Å². The van der Waals surface area contributed by atoms with Gasteiger partial charge in [-0.1, -0.05) is 11.6 Å². The molecule has 0 atom stereocenters. The number of non-ortho nitro benzene ring substituents is 1. The average Bonchev–Trinajstić information content (AvgIpc) is 2.05. The third-order valence-electron chi connectivity index (χ3n) is 1.25. The average molecular weight is 205 g/mol. The maximum atomic E-state index is 10.3. The second kappa shape index (κ2) is 3.75. The zero-order valence-electron chi connectivity index (χ0n) is 5.86. The van der Waals surface area contributed by atoms with Crippen LogP contribution in [0.5, 0.6) is 0 Å². The molecule has 0 saturated heterocycles. The van der Waals surface area contributed by atoms with E-state index in [1.165, 1.54) is 18.2 Å². The molecule has 0 saturated carbocycles. The van der Waals surface area contributed by atoms with Crippen molar-refractivity contribution >= 4 is 29.2 Å². The summed E-state index contributed by atoms with van der Waals surface area (Å²) < 4.78 is 0. The van der Waals surface area contributed by atoms with Crippen LogP contribution in [-0.4, -0.2) is 4.92 Å². The number of hydrogen-bond donors (Lipinski definition) is 1. The summed E-state index contributed by atoms with van der Waals surface area (Å²) in [4.78, 5) is 10.3. The Morgan fingerprint density at radius 3 is 2.75 bits per heavy atom. The third kappa shape index (κ3) is 1.88. The van der Waals surface area contributed by atoms with Crippen LogP contribution < -0.4 is 5.14 Å². The molecular weight excluding hydrogens is 200 g/mol. The van der Waals surface area contributed by atoms with E-state index in [0.29, 0.717) is 9.92 Å². The Morgan fingerprint density at radius 1 is 1.58 bits per heavy atom. The SMILES string of the molecule is NSc1cc([N+](=O)[O-])ccc1Cl. The number of nitrogens with two attached hydrogens (primary N) is 1. The summed E-state index contributed by atoms with van der Waals surface area (Å²) in [5.41, 5.74) is -0.00708. The van der Waals surface area contributed by atoms with Crippen molar-refractivity contribution < 1.29 is 4.92 Å². The minimum absolute atomic E-state index is 0.00708. The van der Waals surface area contributed by atoms with Gasteiger partial charge in [-0.15, -0.1) is 0 Å². The number of nitrogens with zero attached hydrogens (tertiary/aromatic N) is 1. The van der Waals surface area contributed by atoms with Crippen molar-refractivity contribution in [2.45, 2.75) is 4.90 Å². The molecule has 0 heterocycles. The monoisotopic (exact) mass is 204 g/mol. The second-order valence-corrected chi connectivity index (χ2v) is 3.07. The zero-order valence-corrected chi connectivity index (χ0v) is 7.43. The minimum atomic E-state index is -0.490. The van der Waals surface area contributed by atoms with Crippen molar-refractivity contribution in [2.75, 3.05) is 0 Å². The van der Waals surface area contributed by atoms with Gasteiger partial charge in [0.1, 0.15) is 0 Å². The Bertz CT molecular complexity index is 318. The van der Waals surface area contributed by atoms with Crippen molar-refractivity contribution in [1.29, 1.82) is 0 Å². The Labute approximate surface area is 78.0 Å². The van der Waals surface area contributed by atoms with Crippen LogP contribution in [0, 0.1) is 10.1 Å². The molecule has 2 N–H and O–H groups in total. The van der Waals surface area contributed by atoms with Crippen molar-refractivity contribution in [3.05, 3.63) is 33.3 Å². The van der Waals surface area contributed by atoms with Crippen LogP contribution in [0.15, 0.2) is 23.1 Å². The van der Waals surface area contributed by atoms with Gasteiger partial charge in [0.15, 0.2) is 0 Å². The topological polar surface area (TPSA) is 69.2 Å². The van der Waals surface area contributed by atoms with E-state index in [4.69, 9.17) is 16.7 Å². The summed E-state index contributed by atoms with van der Waals surface area (Å²) >= 11 is 6.57. The van der Waals surface area contributed by atoms with Gasteiger partial charge in [0.2, 0.25) is 0 Å². The molecule has 6 heteroatoms. The summed E-state index contributed by atoms with van der Waals surface area (Å²) in [7, 11) is 0. The molecule has 0 amide bonds. The van der Waals surface area contributed by atoms with Crippen molar-refractivity contribution in [1.82, 2.24) is 0 Å². The molecule has 12 heavy (non-hydrogen) atoms. The van der Waals surface area contributed by atoms with Crippen LogP contribution in [0.3, 0.4) is 0 Å². The van der Waals surface area contributed by atoms with Crippen LogP contribution in [-0.2, 0) is 0 Å². The first-order valence-corrected chi connectivity index (χ1v) is 4.21. The molecule has 0 fully saturated rings. The summed E-state index contributed by atoms with van der Waals surface area (Å²) in [6, 6.07) is 4.13. The van der Waals surface area contributed by atoms with Gasteiger partial charge in [0, 0.05) is 17.0 Å². The minimum Gasteiger partial charge on any atom is -0.274 e. The lowest BCUT2D eigenvalue weighted by molar-refractivity contribution is -0.385. The van der Waals surface area contributed by atoms with Crippen molar-refractivity contribution in [3.63, 3.8) is 0 Å². The van der Waals surface area contributed by atoms with Gasteiger partial charge in [-0.2, -0.15) is 0 Å². The van der Waals surface area contributed by atoms with E-state index < -0.39 is 4.92 Å². The van der Waals surface area contributed by atoms with Gasteiger partial charge >= 0.3 is 0 Å². The van der Waals surface area contributed by atoms with Gasteiger partial charge in [0.25, 0.3) is 5.69 Å². The van der Waals surface area contributed by atoms with Gasteiger partial charge in [-0.05, 0) is 18.0 Å². The lowest BCUT2D eigenvalue weighted by atomic mass is 10.3. The highest BCUT2D eigenvalue weighted by atomic mass is 35.5. The molecule has 1 rings (SSSR count). The first-order chi connectivity index (χ1) is 5.65. The maximum Gasteiger partial charge on any atom is 0.270 e. The lowest BCUT2D eigenvalue weighted by Gasteiger charge is -1.98. The normalized spacial score (nSPS) is 9.83. The summed E-state index contributed by atoms with van der Waals surface area (Å²) in [6.45, 7) is 0. The maximum absolute atomic E-state index is 10.3. The Balaban J connectivity index is 3.13. The molecule has 0 aliphatic rings. The van der Waals surface area contributed by atoms with Crippen molar-refractivity contribution in [3.8, 4) is 0 Å². The fourth-order valence-electron chi connectivity index (χ4n) is 0.696. The van der Waals surface area contributed by atoms with E-state index in [2.05, 4.69) is 0 Å². The van der Waals surface area contributed by atoms with Gasteiger partial charge in [-0.25, -0.2) is 0 Å². The molecule has 4 nitrogen and oxygen atoms in total. The summed E-state index contributed by atoms with van der Waals surface area (Å²) in [5.74, 6) is 0. The molecule has 0 aliphatic carbocycles. The predicted octanol–water partition coefficient (Wildman–Crippen LogP) is 2.21. The number of benzene rings is 1. The highest BCUT2D eigenvalue weighted by molar-refractivity contribution is 7.97. The Kier molecular flexibility index (Phi) is 2.91. The van der Waals surface area contributed by atoms with Crippen LogP contribution in [0.1, 0.15) is 0 Å². The molecular formula is C6H5ClN2O2S. The van der Waals surface area contributed by atoms with Crippen molar-refractivity contribution in [2.24, 2.45) is 5.14 Å². The molecule has 0 radical (unpaired) electrons. The van der Waals surface area contributed by atoms with E-state index in [9.17, 15) is 10.1 Å². The molecule has 0 aromatic heterocycles. The number of halogens is 1. The fraction of sp³-hybridized carbons (Fsp3) is 0. The predicted molar refractivity (Wildman–Crippen MR) is 48.2 cm³/mol. The van der Waals surface area contributed by atoms with E-state index >= 15 is 0 Å². The van der Waals surface area contributed by atoms with Crippen LogP contribution in [0.4, 0.5) is 5.69 Å².